The van der Waals surface area contributed by atoms with E-state index in [0.29, 0.717) is 12.2 Å². The summed E-state index contributed by atoms with van der Waals surface area (Å²) in [7, 11) is 0. The number of hydrogen-bond acceptors (Lipinski definition) is 1. The van der Waals surface area contributed by atoms with Crippen molar-refractivity contribution < 1.29 is 17.9 Å². The lowest BCUT2D eigenvalue weighted by Crippen LogP contribution is -2.24. The highest BCUT2D eigenvalue weighted by atomic mass is 79.9. The van der Waals surface area contributed by atoms with Crippen molar-refractivity contribution >= 4 is 15.9 Å². The van der Waals surface area contributed by atoms with E-state index in [1.165, 1.54) is 6.07 Å². The van der Waals surface area contributed by atoms with Crippen LogP contribution in [0.5, 0.6) is 5.75 Å². The standard InChI is InChI=1S/C12H12BrF3O/c1-11(2)6-8-5-7(3-4-9(8)17-11)10(13)12(14,15)16/h3-5,10H,6H2,1-2H3. The zero-order valence-corrected chi connectivity index (χ0v) is 11.0. The molecule has 0 aliphatic carbocycles. The Morgan fingerprint density at radius 2 is 2.00 bits per heavy atom. The van der Waals surface area contributed by atoms with Gasteiger partial charge in [0.15, 0.2) is 0 Å². The minimum atomic E-state index is -4.27. The van der Waals surface area contributed by atoms with Gasteiger partial charge in [0, 0.05) is 6.42 Å². The van der Waals surface area contributed by atoms with Crippen LogP contribution in [0.3, 0.4) is 0 Å². The smallest absolute Gasteiger partial charge is 0.405 e. The summed E-state index contributed by atoms with van der Waals surface area (Å²) in [6, 6.07) is 4.63. The summed E-state index contributed by atoms with van der Waals surface area (Å²) in [4.78, 5) is -1.62. The van der Waals surface area contributed by atoms with Gasteiger partial charge in [0.25, 0.3) is 0 Å². The molecule has 0 saturated heterocycles. The Hall–Kier alpha value is -0.710. The van der Waals surface area contributed by atoms with Gasteiger partial charge in [0.1, 0.15) is 16.2 Å². The van der Waals surface area contributed by atoms with E-state index < -0.39 is 11.0 Å². The lowest BCUT2D eigenvalue weighted by Gasteiger charge is -2.16. The Kier molecular flexibility index (Phi) is 2.92. The van der Waals surface area contributed by atoms with Crippen molar-refractivity contribution in [2.45, 2.75) is 36.9 Å². The Bertz CT molecular complexity index is 440. The van der Waals surface area contributed by atoms with Crippen LogP contribution in [0.4, 0.5) is 13.2 Å². The fourth-order valence-corrected chi connectivity index (χ4v) is 2.26. The summed E-state index contributed by atoms with van der Waals surface area (Å²) in [5.41, 5.74) is 0.722. The summed E-state index contributed by atoms with van der Waals surface area (Å²) in [6.07, 6.45) is -3.64. The topological polar surface area (TPSA) is 9.23 Å². The summed E-state index contributed by atoms with van der Waals surface area (Å²) >= 11 is 2.68. The Morgan fingerprint density at radius 1 is 1.35 bits per heavy atom. The lowest BCUT2D eigenvalue weighted by molar-refractivity contribution is -0.128. The fourth-order valence-electron chi connectivity index (χ4n) is 1.98. The van der Waals surface area contributed by atoms with Crippen LogP contribution >= 0.6 is 15.9 Å². The zero-order valence-electron chi connectivity index (χ0n) is 9.44. The van der Waals surface area contributed by atoms with Gasteiger partial charge < -0.3 is 4.74 Å². The third kappa shape index (κ3) is 2.59. The number of rotatable bonds is 1. The van der Waals surface area contributed by atoms with Gasteiger partial charge >= 0.3 is 6.18 Å². The van der Waals surface area contributed by atoms with Crippen molar-refractivity contribution in [3.05, 3.63) is 29.3 Å². The molecule has 1 nitrogen and oxygen atoms in total. The molecule has 94 valence electrons. The Morgan fingerprint density at radius 3 is 2.59 bits per heavy atom. The highest BCUT2D eigenvalue weighted by Crippen LogP contribution is 2.43. The molecule has 17 heavy (non-hydrogen) atoms. The Balaban J connectivity index is 2.31. The largest absolute Gasteiger partial charge is 0.487 e. The molecule has 1 heterocycles. The molecule has 2 rings (SSSR count). The monoisotopic (exact) mass is 308 g/mol. The van der Waals surface area contributed by atoms with Crippen LogP contribution in [0.15, 0.2) is 18.2 Å². The molecule has 0 aromatic heterocycles. The lowest BCUT2D eigenvalue weighted by atomic mass is 9.99. The molecule has 1 aliphatic rings. The van der Waals surface area contributed by atoms with E-state index >= 15 is 0 Å². The van der Waals surface area contributed by atoms with Crippen molar-refractivity contribution in [2.24, 2.45) is 0 Å². The second-order valence-corrected chi connectivity index (χ2v) is 5.73. The number of ether oxygens (including phenoxy) is 1. The fraction of sp³-hybridized carbons (Fsp3) is 0.500. The zero-order chi connectivity index (χ0) is 12.8. The molecule has 0 bridgehead atoms. The maximum Gasteiger partial charge on any atom is 0.405 e. The Labute approximate surface area is 106 Å². The van der Waals surface area contributed by atoms with E-state index in [1.807, 2.05) is 13.8 Å². The maximum atomic E-state index is 12.6. The van der Waals surface area contributed by atoms with Gasteiger partial charge in [-0.05, 0) is 31.0 Å². The second-order valence-electron chi connectivity index (χ2n) is 4.81. The highest BCUT2D eigenvalue weighted by Gasteiger charge is 2.40. The first-order chi connectivity index (χ1) is 7.69. The molecule has 0 N–H and O–H groups in total. The molecule has 0 fully saturated rings. The highest BCUT2D eigenvalue weighted by molar-refractivity contribution is 9.09. The molecule has 5 heteroatoms. The SMILES string of the molecule is CC1(C)Cc2cc(C(Br)C(F)(F)F)ccc2O1. The van der Waals surface area contributed by atoms with Crippen molar-refractivity contribution in [3.8, 4) is 5.75 Å². The van der Waals surface area contributed by atoms with Crippen LogP contribution in [0.2, 0.25) is 0 Å². The molecule has 1 unspecified atom stereocenters. The van der Waals surface area contributed by atoms with Crippen LogP contribution in [-0.4, -0.2) is 11.8 Å². The first kappa shape index (κ1) is 12.7. The maximum absolute atomic E-state index is 12.6. The molecule has 1 aliphatic heterocycles. The molecule has 0 radical (unpaired) electrons. The molecule has 0 spiro atoms. The van der Waals surface area contributed by atoms with Crippen LogP contribution in [0.25, 0.3) is 0 Å². The molecule has 0 saturated carbocycles. The van der Waals surface area contributed by atoms with E-state index in [0.717, 1.165) is 5.56 Å². The third-order valence-electron chi connectivity index (χ3n) is 2.67. The van der Waals surface area contributed by atoms with E-state index in [1.54, 1.807) is 12.1 Å². The summed E-state index contributed by atoms with van der Waals surface area (Å²) in [6.45, 7) is 3.84. The van der Waals surface area contributed by atoms with Crippen LogP contribution in [-0.2, 0) is 6.42 Å². The van der Waals surface area contributed by atoms with Crippen molar-refractivity contribution in [1.82, 2.24) is 0 Å². The van der Waals surface area contributed by atoms with Gasteiger partial charge in [0.05, 0.1) is 0 Å². The van der Waals surface area contributed by atoms with Crippen LogP contribution < -0.4 is 4.74 Å². The average Bonchev–Trinajstić information content (AvgIpc) is 2.47. The normalized spacial score (nSPS) is 19.6. The molecule has 1 aromatic rings. The number of hydrogen-bond donors (Lipinski definition) is 0. The third-order valence-corrected chi connectivity index (χ3v) is 3.71. The van der Waals surface area contributed by atoms with Crippen molar-refractivity contribution in [2.75, 3.05) is 0 Å². The number of benzene rings is 1. The van der Waals surface area contributed by atoms with Gasteiger partial charge in [0.2, 0.25) is 0 Å². The van der Waals surface area contributed by atoms with Crippen molar-refractivity contribution in [3.63, 3.8) is 0 Å². The molecular weight excluding hydrogens is 297 g/mol. The van der Waals surface area contributed by atoms with Gasteiger partial charge in [-0.1, -0.05) is 28.1 Å². The first-order valence-electron chi connectivity index (χ1n) is 5.22. The second kappa shape index (κ2) is 3.90. The molecular formula is C12H12BrF3O. The van der Waals surface area contributed by atoms with E-state index in [2.05, 4.69) is 15.9 Å². The number of fused-ring (bicyclic) bond motifs is 1. The number of alkyl halides is 4. The van der Waals surface area contributed by atoms with Gasteiger partial charge in [-0.2, -0.15) is 13.2 Å². The van der Waals surface area contributed by atoms with Gasteiger partial charge in [-0.3, -0.25) is 0 Å². The molecule has 1 atom stereocenters. The van der Waals surface area contributed by atoms with Crippen LogP contribution in [0, 0.1) is 0 Å². The van der Waals surface area contributed by atoms with Crippen LogP contribution in [0.1, 0.15) is 29.8 Å². The first-order valence-corrected chi connectivity index (χ1v) is 6.13. The predicted octanol–water partition coefficient (Wildman–Crippen LogP) is 4.40. The predicted molar refractivity (Wildman–Crippen MR) is 62.6 cm³/mol. The quantitative estimate of drug-likeness (QED) is 0.699. The summed E-state index contributed by atoms with van der Waals surface area (Å²) in [5, 5.41) is 0. The van der Waals surface area contributed by atoms with E-state index in [-0.39, 0.29) is 11.2 Å². The molecule has 0 amide bonds. The van der Waals surface area contributed by atoms with Gasteiger partial charge in [-0.15, -0.1) is 0 Å². The minimum Gasteiger partial charge on any atom is -0.487 e. The van der Waals surface area contributed by atoms with E-state index in [4.69, 9.17) is 4.74 Å². The van der Waals surface area contributed by atoms with Gasteiger partial charge in [-0.25, -0.2) is 0 Å². The summed E-state index contributed by atoms with van der Waals surface area (Å²) < 4.78 is 43.3. The summed E-state index contributed by atoms with van der Waals surface area (Å²) in [5.74, 6) is 0.681. The molecule has 1 aromatic carbocycles. The average molecular weight is 309 g/mol. The van der Waals surface area contributed by atoms with E-state index in [9.17, 15) is 13.2 Å². The minimum absolute atomic E-state index is 0.220. The van der Waals surface area contributed by atoms with Crippen molar-refractivity contribution in [1.29, 1.82) is 0 Å². The number of halogens is 4.